The summed E-state index contributed by atoms with van der Waals surface area (Å²) >= 11 is 3.40. The smallest absolute Gasteiger partial charge is 0.224 e. The van der Waals surface area contributed by atoms with Crippen LogP contribution in [0.25, 0.3) is 10.9 Å². The highest BCUT2D eigenvalue weighted by Crippen LogP contribution is 2.21. The van der Waals surface area contributed by atoms with Gasteiger partial charge in [0.1, 0.15) is 0 Å². The summed E-state index contributed by atoms with van der Waals surface area (Å²) in [6.07, 6.45) is 1.25. The average Bonchev–Trinajstić information content (AvgIpc) is 2.86. The topological polar surface area (TPSA) is 44.9 Å². The van der Waals surface area contributed by atoms with Gasteiger partial charge >= 0.3 is 0 Å². The van der Waals surface area contributed by atoms with Crippen LogP contribution in [-0.4, -0.2) is 17.4 Å². The number of nitrogens with one attached hydrogen (secondary N) is 2. The van der Waals surface area contributed by atoms with Crippen LogP contribution >= 0.6 is 15.9 Å². The summed E-state index contributed by atoms with van der Waals surface area (Å²) in [6.45, 7) is 2.73. The third kappa shape index (κ3) is 3.82. The zero-order valence-corrected chi connectivity index (χ0v) is 14.6. The van der Waals surface area contributed by atoms with Gasteiger partial charge in [-0.3, -0.25) is 4.79 Å². The SMILES string of the molecule is Cc1[nH]c2ccccc2c1CCNC(=O)Cc1ccc(Br)cc1. The second-order valence-corrected chi connectivity index (χ2v) is 6.59. The van der Waals surface area contributed by atoms with E-state index in [0.717, 1.165) is 22.0 Å². The number of aromatic nitrogens is 1. The van der Waals surface area contributed by atoms with E-state index in [1.807, 2.05) is 36.4 Å². The molecule has 0 atom stereocenters. The van der Waals surface area contributed by atoms with Crippen molar-refractivity contribution in [2.75, 3.05) is 6.54 Å². The van der Waals surface area contributed by atoms with Crippen molar-refractivity contribution in [2.45, 2.75) is 19.8 Å². The summed E-state index contributed by atoms with van der Waals surface area (Å²) in [4.78, 5) is 15.4. The molecule has 0 unspecified atom stereocenters. The van der Waals surface area contributed by atoms with Gasteiger partial charge in [0.05, 0.1) is 6.42 Å². The van der Waals surface area contributed by atoms with Gasteiger partial charge in [-0.05, 0) is 42.7 Å². The van der Waals surface area contributed by atoms with Gasteiger partial charge in [0.15, 0.2) is 0 Å². The number of carbonyl (C=O) groups is 1. The molecule has 0 fully saturated rings. The molecule has 0 aliphatic carbocycles. The summed E-state index contributed by atoms with van der Waals surface area (Å²) < 4.78 is 1.02. The number of hydrogen-bond donors (Lipinski definition) is 2. The fraction of sp³-hybridized carbons (Fsp3) is 0.211. The van der Waals surface area contributed by atoms with Crippen molar-refractivity contribution in [1.29, 1.82) is 0 Å². The molecule has 1 heterocycles. The van der Waals surface area contributed by atoms with Gasteiger partial charge < -0.3 is 10.3 Å². The van der Waals surface area contributed by atoms with Gasteiger partial charge in [-0.2, -0.15) is 0 Å². The zero-order valence-electron chi connectivity index (χ0n) is 13.0. The van der Waals surface area contributed by atoms with Crippen LogP contribution in [0.1, 0.15) is 16.8 Å². The van der Waals surface area contributed by atoms with Crippen molar-refractivity contribution in [3.8, 4) is 0 Å². The number of aromatic amines is 1. The number of hydrogen-bond acceptors (Lipinski definition) is 1. The monoisotopic (exact) mass is 370 g/mol. The Bertz CT molecular complexity index is 821. The third-order valence-electron chi connectivity index (χ3n) is 4.00. The molecule has 0 spiro atoms. The molecule has 0 saturated carbocycles. The number of H-pyrrole nitrogens is 1. The van der Waals surface area contributed by atoms with Gasteiger partial charge in [-0.25, -0.2) is 0 Å². The Morgan fingerprint density at radius 2 is 1.87 bits per heavy atom. The van der Waals surface area contributed by atoms with Crippen molar-refractivity contribution in [3.63, 3.8) is 0 Å². The maximum absolute atomic E-state index is 12.0. The number of para-hydroxylation sites is 1. The molecule has 23 heavy (non-hydrogen) atoms. The van der Waals surface area contributed by atoms with E-state index in [4.69, 9.17) is 0 Å². The second kappa shape index (κ2) is 7.01. The van der Waals surface area contributed by atoms with Crippen LogP contribution < -0.4 is 5.32 Å². The number of rotatable bonds is 5. The van der Waals surface area contributed by atoms with Gasteiger partial charge in [0, 0.05) is 27.6 Å². The largest absolute Gasteiger partial charge is 0.358 e. The minimum absolute atomic E-state index is 0.0600. The number of benzene rings is 2. The molecule has 2 aromatic carbocycles. The number of amides is 1. The Morgan fingerprint density at radius 1 is 1.13 bits per heavy atom. The first-order valence-electron chi connectivity index (χ1n) is 7.71. The Morgan fingerprint density at radius 3 is 2.65 bits per heavy atom. The highest BCUT2D eigenvalue weighted by Gasteiger charge is 2.08. The number of halogens is 1. The number of fused-ring (bicyclic) bond motifs is 1. The fourth-order valence-electron chi connectivity index (χ4n) is 2.83. The summed E-state index contributed by atoms with van der Waals surface area (Å²) in [5.41, 5.74) is 4.63. The van der Waals surface area contributed by atoms with Crippen LogP contribution in [0.5, 0.6) is 0 Å². The van der Waals surface area contributed by atoms with Crippen LogP contribution in [0.2, 0.25) is 0 Å². The molecule has 1 aromatic heterocycles. The van der Waals surface area contributed by atoms with E-state index in [-0.39, 0.29) is 5.91 Å². The molecule has 0 radical (unpaired) electrons. The Labute approximate surface area is 144 Å². The molecule has 4 heteroatoms. The Balaban J connectivity index is 1.57. The molecule has 0 saturated heterocycles. The lowest BCUT2D eigenvalue weighted by Gasteiger charge is -2.06. The fourth-order valence-corrected chi connectivity index (χ4v) is 3.10. The molecule has 3 aromatic rings. The summed E-state index contributed by atoms with van der Waals surface area (Å²) in [5, 5.41) is 4.25. The van der Waals surface area contributed by atoms with E-state index in [2.05, 4.69) is 45.3 Å². The van der Waals surface area contributed by atoms with Crippen LogP contribution in [-0.2, 0) is 17.6 Å². The summed E-state index contributed by atoms with van der Waals surface area (Å²) in [5.74, 6) is 0.0600. The normalized spacial score (nSPS) is 10.9. The van der Waals surface area contributed by atoms with E-state index in [1.165, 1.54) is 16.6 Å². The zero-order chi connectivity index (χ0) is 16.2. The lowest BCUT2D eigenvalue weighted by Crippen LogP contribution is -2.27. The van der Waals surface area contributed by atoms with E-state index in [0.29, 0.717) is 13.0 Å². The minimum Gasteiger partial charge on any atom is -0.358 e. The van der Waals surface area contributed by atoms with Crippen LogP contribution in [0.15, 0.2) is 53.0 Å². The lowest BCUT2D eigenvalue weighted by atomic mass is 10.1. The van der Waals surface area contributed by atoms with E-state index in [1.54, 1.807) is 0 Å². The van der Waals surface area contributed by atoms with Crippen molar-refractivity contribution >= 4 is 32.7 Å². The lowest BCUT2D eigenvalue weighted by molar-refractivity contribution is -0.120. The third-order valence-corrected chi connectivity index (χ3v) is 4.53. The number of aryl methyl sites for hydroxylation is 1. The standard InChI is InChI=1S/C19H19BrN2O/c1-13-16(17-4-2-3-5-18(17)22-13)10-11-21-19(23)12-14-6-8-15(20)9-7-14/h2-9,22H,10-12H2,1H3,(H,21,23). The Hall–Kier alpha value is -2.07. The molecule has 0 bridgehead atoms. The van der Waals surface area contributed by atoms with Crippen molar-refractivity contribution in [2.24, 2.45) is 0 Å². The molecular weight excluding hydrogens is 352 g/mol. The second-order valence-electron chi connectivity index (χ2n) is 5.68. The summed E-state index contributed by atoms with van der Waals surface area (Å²) in [6, 6.07) is 16.1. The van der Waals surface area contributed by atoms with Crippen LogP contribution in [0, 0.1) is 6.92 Å². The molecule has 2 N–H and O–H groups in total. The maximum atomic E-state index is 12.0. The first kappa shape index (κ1) is 15.8. The molecule has 0 aliphatic rings. The van der Waals surface area contributed by atoms with Crippen LogP contribution in [0.3, 0.4) is 0 Å². The van der Waals surface area contributed by atoms with Crippen molar-refractivity contribution in [3.05, 3.63) is 69.8 Å². The predicted octanol–water partition coefficient (Wildman–Crippen LogP) is 4.14. The van der Waals surface area contributed by atoms with E-state index in [9.17, 15) is 4.79 Å². The minimum atomic E-state index is 0.0600. The van der Waals surface area contributed by atoms with Crippen LogP contribution in [0.4, 0.5) is 0 Å². The molecule has 1 amide bonds. The average molecular weight is 371 g/mol. The summed E-state index contributed by atoms with van der Waals surface area (Å²) in [7, 11) is 0. The van der Waals surface area contributed by atoms with Gasteiger partial charge in [0.25, 0.3) is 0 Å². The highest BCUT2D eigenvalue weighted by molar-refractivity contribution is 9.10. The molecule has 0 aliphatic heterocycles. The van der Waals surface area contributed by atoms with E-state index >= 15 is 0 Å². The van der Waals surface area contributed by atoms with Gasteiger partial charge in [-0.1, -0.05) is 46.3 Å². The van der Waals surface area contributed by atoms with Crippen molar-refractivity contribution in [1.82, 2.24) is 10.3 Å². The highest BCUT2D eigenvalue weighted by atomic mass is 79.9. The first-order chi connectivity index (χ1) is 11.1. The Kier molecular flexibility index (Phi) is 4.82. The molecular formula is C19H19BrN2O. The van der Waals surface area contributed by atoms with Crippen molar-refractivity contribution < 1.29 is 4.79 Å². The van der Waals surface area contributed by atoms with E-state index < -0.39 is 0 Å². The maximum Gasteiger partial charge on any atom is 0.224 e. The van der Waals surface area contributed by atoms with Gasteiger partial charge in [0.2, 0.25) is 5.91 Å². The molecule has 3 nitrogen and oxygen atoms in total. The quantitative estimate of drug-likeness (QED) is 0.696. The number of carbonyl (C=O) groups excluding carboxylic acids is 1. The predicted molar refractivity (Wildman–Crippen MR) is 97.6 cm³/mol. The molecule has 118 valence electrons. The first-order valence-corrected chi connectivity index (χ1v) is 8.50. The van der Waals surface area contributed by atoms with Gasteiger partial charge in [-0.15, -0.1) is 0 Å². The molecule has 3 rings (SSSR count).